The Labute approximate surface area is 150 Å². The number of halogens is 2. The Balaban J connectivity index is 0.00000288. The number of amides is 1. The highest BCUT2D eigenvalue weighted by atomic mass is 35.5. The number of aliphatic hydroxyl groups is 3. The van der Waals surface area contributed by atoms with E-state index in [2.05, 4.69) is 11.1 Å². The van der Waals surface area contributed by atoms with Gasteiger partial charge >= 0.3 is 5.97 Å². The molecule has 1 fully saturated rings. The van der Waals surface area contributed by atoms with Crippen LogP contribution in [0.15, 0.2) is 11.3 Å². The monoisotopic (exact) mass is 384 g/mol. The topological polar surface area (TPSA) is 144 Å². The first-order valence-corrected chi connectivity index (χ1v) is 7.86. The third-order valence-corrected chi connectivity index (χ3v) is 4.91. The first-order chi connectivity index (χ1) is 10.6. The van der Waals surface area contributed by atoms with Gasteiger partial charge in [0.2, 0.25) is 0 Å². The highest BCUT2D eigenvalue weighted by molar-refractivity contribution is 6.18. The molecule has 0 spiro atoms. The summed E-state index contributed by atoms with van der Waals surface area (Å²) in [4.78, 5) is 24.3. The van der Waals surface area contributed by atoms with Gasteiger partial charge < -0.3 is 43.5 Å². The van der Waals surface area contributed by atoms with Crippen molar-refractivity contribution in [2.75, 3.05) is 5.88 Å². The first-order valence-electron chi connectivity index (χ1n) is 7.33. The fraction of sp³-hybridized carbons (Fsp3) is 0.714. The number of rotatable bonds is 3. The molecule has 138 valence electrons. The van der Waals surface area contributed by atoms with Crippen LogP contribution in [0.4, 0.5) is 0 Å². The van der Waals surface area contributed by atoms with Crippen molar-refractivity contribution < 1.29 is 47.8 Å². The van der Waals surface area contributed by atoms with Gasteiger partial charge in [-0.3, -0.25) is 4.79 Å². The second-order valence-electron chi connectivity index (χ2n) is 6.37. The zero-order valence-corrected chi connectivity index (χ0v) is 14.8. The molecule has 7 N–H and O–H groups in total. The molecule has 10 heteroatoms. The Kier molecular flexibility index (Phi) is 6.51. The molecule has 8 nitrogen and oxygen atoms in total. The number of nitrogens with one attached hydrogen (secondary N) is 1. The van der Waals surface area contributed by atoms with Crippen LogP contribution in [-0.4, -0.2) is 63.0 Å². The number of hydrogen-bond donors (Lipinski definition) is 5. The predicted octanol–water partition coefficient (Wildman–Crippen LogP) is -4.79. The maximum atomic E-state index is 12.2. The number of quaternary nitrogens is 1. The van der Waals surface area contributed by atoms with Crippen LogP contribution >= 0.6 is 11.6 Å². The van der Waals surface area contributed by atoms with Gasteiger partial charge in [0, 0.05) is 12.3 Å². The van der Waals surface area contributed by atoms with E-state index in [1.165, 1.54) is 6.92 Å². The lowest BCUT2D eigenvalue weighted by atomic mass is 9.71. The van der Waals surface area contributed by atoms with Crippen LogP contribution in [0.5, 0.6) is 0 Å². The van der Waals surface area contributed by atoms with Gasteiger partial charge in [0.15, 0.2) is 6.04 Å². The highest BCUT2D eigenvalue weighted by Gasteiger charge is 2.56. The van der Waals surface area contributed by atoms with Crippen molar-refractivity contribution in [1.82, 2.24) is 5.32 Å². The minimum Gasteiger partial charge on any atom is -1.00 e. The summed E-state index contributed by atoms with van der Waals surface area (Å²) in [5, 5.41) is 33.0. The number of alkyl halides is 1. The quantitative estimate of drug-likeness (QED) is 0.244. The third-order valence-electron chi connectivity index (χ3n) is 4.38. The standard InChI is InChI=1S/C14H21ClN2O6.ClH/c1-5(16)12(21)17-11-9-8(6(18)3-7(19)10(9)20)13(22)23-14(11,2)4-15;/h5,7,9-11,18-20H,3-4,16H2,1-2H3,(H,17,21);1H/t5-,7+,9-,10-,11+,14+;/m0./s1. The van der Waals surface area contributed by atoms with Crippen LogP contribution in [0.1, 0.15) is 20.3 Å². The van der Waals surface area contributed by atoms with E-state index in [0.29, 0.717) is 0 Å². The SMILES string of the molecule is C[C@H]([NH3+])C(=O)N[C@@H]1[C@H]2C(=C(O)C[C@@H](O)[C@@H]2O)C(=O)O[C@]1(C)CCl.[Cl-]. The number of carbonyl (C=O) groups excluding carboxylic acids is 2. The summed E-state index contributed by atoms with van der Waals surface area (Å²) in [7, 11) is 0. The van der Waals surface area contributed by atoms with E-state index in [0.717, 1.165) is 0 Å². The molecule has 0 aromatic rings. The number of esters is 1. The van der Waals surface area contributed by atoms with Gasteiger partial charge in [-0.25, -0.2) is 4.79 Å². The van der Waals surface area contributed by atoms with E-state index < -0.39 is 47.7 Å². The normalized spacial score (nSPS) is 37.0. The molecule has 0 radical (unpaired) electrons. The number of aliphatic hydroxyl groups excluding tert-OH is 3. The highest BCUT2D eigenvalue weighted by Crippen LogP contribution is 2.42. The van der Waals surface area contributed by atoms with Gasteiger partial charge in [-0.15, -0.1) is 11.6 Å². The van der Waals surface area contributed by atoms with E-state index in [4.69, 9.17) is 16.3 Å². The Morgan fingerprint density at radius 3 is 2.62 bits per heavy atom. The van der Waals surface area contributed by atoms with Crippen LogP contribution < -0.4 is 23.5 Å². The molecule has 0 saturated carbocycles. The number of hydrogen-bond acceptors (Lipinski definition) is 6. The maximum Gasteiger partial charge on any atom is 0.338 e. The van der Waals surface area contributed by atoms with E-state index in [1.54, 1.807) is 6.92 Å². The first kappa shape index (κ1) is 21.0. The molecule has 0 bridgehead atoms. The van der Waals surface area contributed by atoms with Gasteiger partial charge in [0.05, 0.1) is 29.7 Å². The average Bonchev–Trinajstić information content (AvgIpc) is 2.46. The van der Waals surface area contributed by atoms with Gasteiger partial charge in [-0.05, 0) is 13.8 Å². The Morgan fingerprint density at radius 1 is 1.54 bits per heavy atom. The van der Waals surface area contributed by atoms with E-state index in [9.17, 15) is 24.9 Å². The smallest absolute Gasteiger partial charge is 0.338 e. The lowest BCUT2D eigenvalue weighted by molar-refractivity contribution is -0.398. The van der Waals surface area contributed by atoms with Crippen LogP contribution in [0.25, 0.3) is 0 Å². The summed E-state index contributed by atoms with van der Waals surface area (Å²) in [6.07, 6.45) is -2.86. The number of carbonyl (C=O) groups is 2. The second kappa shape index (κ2) is 7.45. The number of ether oxygens (including phenoxy) is 1. The largest absolute Gasteiger partial charge is 1.00 e. The summed E-state index contributed by atoms with van der Waals surface area (Å²) in [6, 6.07) is -1.49. The van der Waals surface area contributed by atoms with Gasteiger partial charge in [0.1, 0.15) is 11.4 Å². The minimum atomic E-state index is -1.35. The zero-order chi connectivity index (χ0) is 17.5. The Hall–Kier alpha value is -1.06. The van der Waals surface area contributed by atoms with Crippen molar-refractivity contribution in [2.24, 2.45) is 5.92 Å². The summed E-state index contributed by atoms with van der Waals surface area (Å²) in [5.74, 6) is -2.74. The lowest BCUT2D eigenvalue weighted by Crippen LogP contribution is -3.00. The molecule has 1 heterocycles. The van der Waals surface area contributed by atoms with E-state index in [-0.39, 0.29) is 36.0 Å². The van der Waals surface area contributed by atoms with E-state index >= 15 is 0 Å². The molecule has 1 saturated heterocycles. The average molecular weight is 385 g/mol. The van der Waals surface area contributed by atoms with Crippen LogP contribution in [0.3, 0.4) is 0 Å². The molecular formula is C14H22Cl2N2O6. The zero-order valence-electron chi connectivity index (χ0n) is 13.3. The van der Waals surface area contributed by atoms with E-state index in [1.807, 2.05) is 0 Å². The van der Waals surface area contributed by atoms with Gasteiger partial charge in [0.25, 0.3) is 5.91 Å². The third kappa shape index (κ3) is 3.48. The molecule has 0 aromatic carbocycles. The second-order valence-corrected chi connectivity index (χ2v) is 6.64. The molecule has 1 aliphatic heterocycles. The van der Waals surface area contributed by atoms with Gasteiger partial charge in [-0.1, -0.05) is 0 Å². The van der Waals surface area contributed by atoms with Crippen molar-refractivity contribution in [3.05, 3.63) is 11.3 Å². The molecule has 24 heavy (non-hydrogen) atoms. The molecule has 6 atom stereocenters. The van der Waals surface area contributed by atoms with Crippen LogP contribution in [-0.2, 0) is 14.3 Å². The summed E-state index contributed by atoms with van der Waals surface area (Å²) in [5.41, 5.74) is 2.19. The molecule has 0 aromatic heterocycles. The molecule has 1 amide bonds. The Bertz CT molecular complexity index is 555. The van der Waals surface area contributed by atoms with Crippen molar-refractivity contribution in [2.45, 2.75) is 50.2 Å². The van der Waals surface area contributed by atoms with Gasteiger partial charge in [-0.2, -0.15) is 0 Å². The van der Waals surface area contributed by atoms with Crippen molar-refractivity contribution >= 4 is 23.5 Å². The van der Waals surface area contributed by atoms with Crippen molar-refractivity contribution in [3.8, 4) is 0 Å². The van der Waals surface area contributed by atoms with Crippen LogP contribution in [0, 0.1) is 5.92 Å². The Morgan fingerprint density at radius 2 is 2.12 bits per heavy atom. The molecule has 2 aliphatic rings. The summed E-state index contributed by atoms with van der Waals surface area (Å²) < 4.78 is 5.32. The molecule has 2 rings (SSSR count). The predicted molar refractivity (Wildman–Crippen MR) is 79.3 cm³/mol. The summed E-state index contributed by atoms with van der Waals surface area (Å²) in [6.45, 7) is 3.11. The minimum absolute atomic E-state index is 0. The maximum absolute atomic E-state index is 12.2. The van der Waals surface area contributed by atoms with Crippen molar-refractivity contribution in [1.29, 1.82) is 0 Å². The summed E-state index contributed by atoms with van der Waals surface area (Å²) >= 11 is 5.93. The number of cyclic esters (lactones) is 1. The molecule has 1 aliphatic carbocycles. The fourth-order valence-electron chi connectivity index (χ4n) is 3.01. The van der Waals surface area contributed by atoms with Crippen molar-refractivity contribution in [3.63, 3.8) is 0 Å². The molecular weight excluding hydrogens is 363 g/mol. The lowest BCUT2D eigenvalue weighted by Gasteiger charge is -2.48. The molecule has 0 unspecified atom stereocenters. The number of fused-ring (bicyclic) bond motifs is 1. The van der Waals surface area contributed by atoms with Crippen LogP contribution in [0.2, 0.25) is 0 Å². The fourth-order valence-corrected chi connectivity index (χ4v) is 3.23.